The van der Waals surface area contributed by atoms with Gasteiger partial charge in [0.1, 0.15) is 0 Å². The van der Waals surface area contributed by atoms with Gasteiger partial charge in [-0.3, -0.25) is 4.79 Å². The first-order chi connectivity index (χ1) is 5.83. The average Bonchev–Trinajstić information content (AvgIpc) is 2.09. The Hall–Kier alpha value is -0.530. The lowest BCUT2D eigenvalue weighted by molar-refractivity contribution is -0.149. The quantitative estimate of drug-likeness (QED) is 0.478. The van der Waals surface area contributed by atoms with Gasteiger partial charge in [0.05, 0.1) is 6.61 Å². The van der Waals surface area contributed by atoms with E-state index in [4.69, 9.17) is 4.74 Å². The van der Waals surface area contributed by atoms with Crippen LogP contribution in [0.4, 0.5) is 0 Å². The predicted octanol–water partition coefficient (Wildman–Crippen LogP) is 2.52. The lowest BCUT2D eigenvalue weighted by Crippen LogP contribution is -2.21. The molecule has 12 heavy (non-hydrogen) atoms. The Morgan fingerprint density at radius 2 is 2.33 bits per heavy atom. The van der Waals surface area contributed by atoms with Crippen molar-refractivity contribution in [3.05, 3.63) is 0 Å². The van der Waals surface area contributed by atoms with Crippen LogP contribution >= 0.6 is 0 Å². The van der Waals surface area contributed by atoms with Crippen LogP contribution in [0.1, 0.15) is 45.4 Å². The molecular formula is C10H18O2. The maximum absolute atomic E-state index is 10.7. The van der Waals surface area contributed by atoms with E-state index in [1.165, 1.54) is 25.7 Å². The fourth-order valence-corrected chi connectivity index (χ4v) is 1.60. The van der Waals surface area contributed by atoms with Gasteiger partial charge >= 0.3 is 5.97 Å². The molecule has 0 spiro atoms. The van der Waals surface area contributed by atoms with Crippen LogP contribution < -0.4 is 0 Å². The summed E-state index contributed by atoms with van der Waals surface area (Å²) in [6.45, 7) is 2.88. The number of esters is 1. The summed E-state index contributed by atoms with van der Waals surface area (Å²) in [5.41, 5.74) is 0. The number of carbonyl (C=O) groups excluding carboxylic acids is 1. The van der Waals surface area contributed by atoms with Gasteiger partial charge in [0.2, 0.25) is 0 Å². The molecule has 0 radical (unpaired) electrons. The highest BCUT2D eigenvalue weighted by molar-refractivity contribution is 5.69. The minimum atomic E-state index is -0.0123. The fraction of sp³-hybridized carbons (Fsp3) is 0.900. The molecule has 1 fully saturated rings. The Labute approximate surface area is 74.3 Å². The van der Waals surface area contributed by atoms with Crippen LogP contribution in [0.3, 0.4) is 0 Å². The predicted molar refractivity (Wildman–Crippen MR) is 47.8 cm³/mol. The van der Waals surface area contributed by atoms with Crippen molar-refractivity contribution >= 4 is 5.97 Å². The summed E-state index contributed by atoms with van der Waals surface area (Å²) in [4.78, 5) is 10.7. The summed E-state index contributed by atoms with van der Waals surface area (Å²) < 4.78 is 4.98. The van der Waals surface area contributed by atoms with Crippen LogP contribution in [-0.4, -0.2) is 12.6 Å². The number of hydrogen-bond donors (Lipinski definition) is 0. The third-order valence-corrected chi connectivity index (χ3v) is 2.45. The molecule has 1 atom stereocenters. The number of carbonyl (C=O) groups is 1. The van der Waals surface area contributed by atoms with Gasteiger partial charge in [0.15, 0.2) is 0 Å². The molecule has 70 valence electrons. The number of ether oxygens (including phenoxy) is 1. The van der Waals surface area contributed by atoms with Crippen molar-refractivity contribution in [2.75, 3.05) is 6.61 Å². The third-order valence-electron chi connectivity index (χ3n) is 2.45. The molecule has 0 aromatic heterocycles. The molecule has 1 rings (SSSR count). The Morgan fingerprint density at radius 1 is 1.50 bits per heavy atom. The zero-order valence-electron chi connectivity index (χ0n) is 7.84. The van der Waals surface area contributed by atoms with Crippen molar-refractivity contribution in [1.29, 1.82) is 0 Å². The van der Waals surface area contributed by atoms with E-state index in [2.05, 4.69) is 6.92 Å². The van der Waals surface area contributed by atoms with E-state index in [1.807, 2.05) is 0 Å². The zero-order valence-corrected chi connectivity index (χ0v) is 7.84. The first-order valence-electron chi connectivity index (χ1n) is 4.98. The first-order valence-corrected chi connectivity index (χ1v) is 4.98. The normalized spacial score (nSPS) is 23.8. The van der Waals surface area contributed by atoms with Crippen molar-refractivity contribution < 1.29 is 9.53 Å². The molecule has 0 unspecified atom stereocenters. The molecule has 1 aliphatic rings. The molecule has 1 heterocycles. The minimum absolute atomic E-state index is 0.0123. The number of hydrogen-bond acceptors (Lipinski definition) is 2. The second-order valence-corrected chi connectivity index (χ2v) is 3.58. The Kier molecular flexibility index (Phi) is 4.12. The standard InChI is InChI=1S/C10H18O2/c1-2-3-4-5-9-6-7-10(11)12-8-9/h9H,2-8H2,1H3/t9-/m1/s1. The minimum Gasteiger partial charge on any atom is -0.465 e. The van der Waals surface area contributed by atoms with Gasteiger partial charge in [-0.1, -0.05) is 26.2 Å². The van der Waals surface area contributed by atoms with Gasteiger partial charge in [-0.2, -0.15) is 0 Å². The molecular weight excluding hydrogens is 152 g/mol. The molecule has 2 nitrogen and oxygen atoms in total. The van der Waals surface area contributed by atoms with Crippen LogP contribution in [0.5, 0.6) is 0 Å². The smallest absolute Gasteiger partial charge is 0.305 e. The van der Waals surface area contributed by atoms with E-state index in [9.17, 15) is 4.79 Å². The molecule has 0 N–H and O–H groups in total. The van der Waals surface area contributed by atoms with Crippen LogP contribution in [0.2, 0.25) is 0 Å². The van der Waals surface area contributed by atoms with E-state index >= 15 is 0 Å². The number of rotatable bonds is 4. The summed E-state index contributed by atoms with van der Waals surface area (Å²) in [6.07, 6.45) is 6.79. The van der Waals surface area contributed by atoms with Crippen molar-refractivity contribution in [2.24, 2.45) is 5.92 Å². The van der Waals surface area contributed by atoms with E-state index < -0.39 is 0 Å². The van der Waals surface area contributed by atoms with Crippen LogP contribution in [0.25, 0.3) is 0 Å². The molecule has 0 saturated carbocycles. The summed E-state index contributed by atoms with van der Waals surface area (Å²) in [5, 5.41) is 0. The van der Waals surface area contributed by atoms with Crippen molar-refractivity contribution in [3.63, 3.8) is 0 Å². The van der Waals surface area contributed by atoms with Gasteiger partial charge in [-0.05, 0) is 18.8 Å². The monoisotopic (exact) mass is 170 g/mol. The maximum atomic E-state index is 10.7. The van der Waals surface area contributed by atoms with E-state index in [-0.39, 0.29) is 5.97 Å². The summed E-state index contributed by atoms with van der Waals surface area (Å²) in [6, 6.07) is 0. The highest BCUT2D eigenvalue weighted by atomic mass is 16.5. The Morgan fingerprint density at radius 3 is 2.92 bits per heavy atom. The van der Waals surface area contributed by atoms with Gasteiger partial charge in [0, 0.05) is 6.42 Å². The first kappa shape index (κ1) is 9.56. The van der Waals surface area contributed by atoms with Gasteiger partial charge in [0.25, 0.3) is 0 Å². The van der Waals surface area contributed by atoms with Crippen LogP contribution in [0.15, 0.2) is 0 Å². The van der Waals surface area contributed by atoms with Gasteiger partial charge in [-0.15, -0.1) is 0 Å². The van der Waals surface area contributed by atoms with E-state index in [0.29, 0.717) is 18.9 Å². The third kappa shape index (κ3) is 3.24. The summed E-state index contributed by atoms with van der Waals surface area (Å²) >= 11 is 0. The Bertz CT molecular complexity index is 133. The lowest BCUT2D eigenvalue weighted by Gasteiger charge is -2.21. The molecule has 0 amide bonds. The topological polar surface area (TPSA) is 26.3 Å². The second kappa shape index (κ2) is 5.18. The molecule has 1 aliphatic heterocycles. The largest absolute Gasteiger partial charge is 0.465 e. The summed E-state index contributed by atoms with van der Waals surface area (Å²) in [5.74, 6) is 0.635. The number of unbranched alkanes of at least 4 members (excludes halogenated alkanes) is 2. The maximum Gasteiger partial charge on any atom is 0.305 e. The number of cyclic esters (lactones) is 1. The second-order valence-electron chi connectivity index (χ2n) is 3.58. The van der Waals surface area contributed by atoms with Crippen molar-refractivity contribution in [3.8, 4) is 0 Å². The molecule has 0 bridgehead atoms. The van der Waals surface area contributed by atoms with E-state index in [1.54, 1.807) is 0 Å². The Balaban J connectivity index is 2.05. The fourth-order valence-electron chi connectivity index (χ4n) is 1.60. The summed E-state index contributed by atoms with van der Waals surface area (Å²) in [7, 11) is 0. The van der Waals surface area contributed by atoms with Crippen molar-refractivity contribution in [1.82, 2.24) is 0 Å². The molecule has 0 aliphatic carbocycles. The van der Waals surface area contributed by atoms with Gasteiger partial charge in [-0.25, -0.2) is 0 Å². The molecule has 1 saturated heterocycles. The SMILES string of the molecule is CCCCC[C@@H]1CCC(=O)OC1. The average molecular weight is 170 g/mol. The van der Waals surface area contributed by atoms with Crippen LogP contribution in [-0.2, 0) is 9.53 Å². The zero-order chi connectivity index (χ0) is 8.81. The van der Waals surface area contributed by atoms with Crippen molar-refractivity contribution in [2.45, 2.75) is 45.4 Å². The van der Waals surface area contributed by atoms with E-state index in [0.717, 1.165) is 6.42 Å². The highest BCUT2D eigenvalue weighted by Crippen LogP contribution is 2.20. The highest BCUT2D eigenvalue weighted by Gasteiger charge is 2.18. The molecule has 0 aromatic rings. The lowest BCUT2D eigenvalue weighted by atomic mass is 9.95. The molecule has 2 heteroatoms. The molecule has 0 aromatic carbocycles. The van der Waals surface area contributed by atoms with Gasteiger partial charge < -0.3 is 4.74 Å². The van der Waals surface area contributed by atoms with Crippen LogP contribution in [0, 0.1) is 5.92 Å².